The Balaban J connectivity index is 2.07. The minimum atomic E-state index is -0.378. The first-order valence-corrected chi connectivity index (χ1v) is 7.57. The molecule has 4 nitrogen and oxygen atoms in total. The van der Waals surface area contributed by atoms with Gasteiger partial charge in [-0.15, -0.1) is 0 Å². The number of nitrogens with zero attached hydrogens (tertiary/aromatic N) is 1. The maximum absolute atomic E-state index is 9.87. The summed E-state index contributed by atoms with van der Waals surface area (Å²) in [6.45, 7) is 0. The van der Waals surface area contributed by atoms with E-state index >= 15 is 0 Å². The Kier molecular flexibility index (Phi) is 3.14. The Bertz CT molecular complexity index is 1030. The first-order chi connectivity index (χ1) is 11.7. The van der Waals surface area contributed by atoms with Gasteiger partial charge in [0.1, 0.15) is 23.1 Å². The highest BCUT2D eigenvalue weighted by atomic mass is 16.5. The number of fused-ring (bicyclic) bond motifs is 3. The van der Waals surface area contributed by atoms with E-state index in [2.05, 4.69) is 6.07 Å². The Hall–Kier alpha value is -3.45. The number of nitriles is 1. The van der Waals surface area contributed by atoms with Gasteiger partial charge < -0.3 is 15.6 Å². The second kappa shape index (κ2) is 5.32. The van der Waals surface area contributed by atoms with Crippen molar-refractivity contribution in [1.29, 1.82) is 5.26 Å². The first-order valence-electron chi connectivity index (χ1n) is 7.57. The van der Waals surface area contributed by atoms with Crippen LogP contribution < -0.4 is 10.5 Å². The lowest BCUT2D eigenvalue weighted by molar-refractivity contribution is 0.394. The molecule has 0 saturated heterocycles. The molecule has 3 N–H and O–H groups in total. The zero-order chi connectivity index (χ0) is 16.7. The molecule has 1 heterocycles. The number of allylic oxidation sites excluding steroid dienone is 1. The standard InChI is InChI=1S/C20H14N2O2/c21-11-16-18(13-5-3-6-14(23)10-13)19-15-7-2-1-4-12(15)8-9-17(19)24-20(16)22/h1-10,18,23H,22H2/t18-/m0/s1. The van der Waals surface area contributed by atoms with Crippen LogP contribution in [0.5, 0.6) is 11.5 Å². The van der Waals surface area contributed by atoms with E-state index in [1.165, 1.54) is 0 Å². The molecule has 0 radical (unpaired) electrons. The van der Waals surface area contributed by atoms with Crippen molar-refractivity contribution in [2.24, 2.45) is 5.73 Å². The van der Waals surface area contributed by atoms with Crippen molar-refractivity contribution in [3.8, 4) is 17.6 Å². The summed E-state index contributed by atoms with van der Waals surface area (Å²) in [7, 11) is 0. The van der Waals surface area contributed by atoms with Gasteiger partial charge in [-0.3, -0.25) is 0 Å². The Morgan fingerprint density at radius 1 is 1.04 bits per heavy atom. The zero-order valence-electron chi connectivity index (χ0n) is 12.7. The van der Waals surface area contributed by atoms with E-state index in [9.17, 15) is 10.4 Å². The molecule has 4 rings (SSSR count). The third-order valence-corrected chi connectivity index (χ3v) is 4.32. The molecule has 1 aliphatic heterocycles. The Morgan fingerprint density at radius 2 is 1.88 bits per heavy atom. The lowest BCUT2D eigenvalue weighted by atomic mass is 9.81. The number of phenols is 1. The average Bonchev–Trinajstić information content (AvgIpc) is 2.60. The van der Waals surface area contributed by atoms with E-state index in [0.717, 1.165) is 21.9 Å². The summed E-state index contributed by atoms with van der Waals surface area (Å²) in [5.41, 5.74) is 8.03. The normalized spacial score (nSPS) is 16.4. The van der Waals surface area contributed by atoms with Gasteiger partial charge in [0.05, 0.1) is 5.92 Å². The molecule has 116 valence electrons. The fraction of sp³-hybridized carbons (Fsp3) is 0.0500. The van der Waals surface area contributed by atoms with E-state index in [1.807, 2.05) is 42.5 Å². The molecule has 0 amide bonds. The Labute approximate surface area is 139 Å². The third kappa shape index (κ3) is 2.07. The van der Waals surface area contributed by atoms with Crippen molar-refractivity contribution in [1.82, 2.24) is 0 Å². The van der Waals surface area contributed by atoms with E-state index in [1.54, 1.807) is 18.2 Å². The molecule has 3 aromatic carbocycles. The summed E-state index contributed by atoms with van der Waals surface area (Å²) in [6, 6.07) is 20.9. The van der Waals surface area contributed by atoms with Crippen LogP contribution >= 0.6 is 0 Å². The van der Waals surface area contributed by atoms with Gasteiger partial charge in [0.2, 0.25) is 5.88 Å². The number of ether oxygens (including phenoxy) is 1. The van der Waals surface area contributed by atoms with Gasteiger partial charge in [0.25, 0.3) is 0 Å². The molecule has 1 atom stereocenters. The van der Waals surface area contributed by atoms with Crippen molar-refractivity contribution in [2.75, 3.05) is 0 Å². The first kappa shape index (κ1) is 14.2. The van der Waals surface area contributed by atoms with E-state index < -0.39 is 0 Å². The lowest BCUT2D eigenvalue weighted by Gasteiger charge is -2.27. The molecule has 0 bridgehead atoms. The number of hydrogen-bond donors (Lipinski definition) is 2. The van der Waals surface area contributed by atoms with E-state index in [0.29, 0.717) is 11.3 Å². The zero-order valence-corrected chi connectivity index (χ0v) is 12.7. The number of nitrogens with two attached hydrogens (primary N) is 1. The van der Waals surface area contributed by atoms with Crippen molar-refractivity contribution in [2.45, 2.75) is 5.92 Å². The molecular formula is C20H14N2O2. The number of rotatable bonds is 1. The van der Waals surface area contributed by atoms with Crippen LogP contribution in [-0.4, -0.2) is 5.11 Å². The second-order valence-corrected chi connectivity index (χ2v) is 5.72. The maximum Gasteiger partial charge on any atom is 0.205 e. The highest BCUT2D eigenvalue weighted by Crippen LogP contribution is 2.45. The predicted molar refractivity (Wildman–Crippen MR) is 91.4 cm³/mol. The van der Waals surface area contributed by atoms with Crippen LogP contribution in [0.25, 0.3) is 10.8 Å². The predicted octanol–water partition coefficient (Wildman–Crippen LogP) is 3.76. The van der Waals surface area contributed by atoms with Crippen LogP contribution in [0.15, 0.2) is 72.1 Å². The molecule has 0 unspecified atom stereocenters. The average molecular weight is 314 g/mol. The van der Waals surface area contributed by atoms with Crippen LogP contribution in [0.3, 0.4) is 0 Å². The fourth-order valence-electron chi connectivity index (χ4n) is 3.28. The molecule has 1 aliphatic rings. The van der Waals surface area contributed by atoms with Crippen molar-refractivity contribution >= 4 is 10.8 Å². The van der Waals surface area contributed by atoms with Crippen LogP contribution in [0.2, 0.25) is 0 Å². The van der Waals surface area contributed by atoms with Gasteiger partial charge in [-0.05, 0) is 34.5 Å². The molecular weight excluding hydrogens is 300 g/mol. The molecule has 0 aromatic heterocycles. The van der Waals surface area contributed by atoms with E-state index in [4.69, 9.17) is 10.5 Å². The van der Waals surface area contributed by atoms with E-state index in [-0.39, 0.29) is 17.6 Å². The molecule has 0 spiro atoms. The number of aromatic hydroxyl groups is 1. The summed E-state index contributed by atoms with van der Waals surface area (Å²) in [6.07, 6.45) is 0. The van der Waals surface area contributed by atoms with Gasteiger partial charge in [-0.25, -0.2) is 0 Å². The van der Waals surface area contributed by atoms with Crippen LogP contribution in [0.4, 0.5) is 0 Å². The monoisotopic (exact) mass is 314 g/mol. The van der Waals surface area contributed by atoms with Gasteiger partial charge in [-0.2, -0.15) is 5.26 Å². The van der Waals surface area contributed by atoms with Gasteiger partial charge >= 0.3 is 0 Å². The van der Waals surface area contributed by atoms with Gasteiger partial charge in [0, 0.05) is 5.56 Å². The molecule has 0 saturated carbocycles. The molecule has 3 aromatic rings. The largest absolute Gasteiger partial charge is 0.508 e. The fourth-order valence-corrected chi connectivity index (χ4v) is 3.28. The smallest absolute Gasteiger partial charge is 0.205 e. The summed E-state index contributed by atoms with van der Waals surface area (Å²) in [4.78, 5) is 0. The maximum atomic E-state index is 9.87. The summed E-state index contributed by atoms with van der Waals surface area (Å²) >= 11 is 0. The van der Waals surface area contributed by atoms with Crippen molar-refractivity contribution in [3.05, 3.63) is 83.2 Å². The van der Waals surface area contributed by atoms with Gasteiger partial charge in [-0.1, -0.05) is 42.5 Å². The number of phenolic OH excluding ortho intramolecular Hbond substituents is 1. The van der Waals surface area contributed by atoms with Crippen molar-refractivity contribution in [3.63, 3.8) is 0 Å². The van der Waals surface area contributed by atoms with Gasteiger partial charge in [0.15, 0.2) is 0 Å². The molecule has 4 heteroatoms. The SMILES string of the molecule is N#CC1=C(N)Oc2ccc3ccccc3c2[C@H]1c1cccc(O)c1. The second-order valence-electron chi connectivity index (χ2n) is 5.72. The topological polar surface area (TPSA) is 79.3 Å². The minimum absolute atomic E-state index is 0.105. The van der Waals surface area contributed by atoms with Crippen LogP contribution in [0, 0.1) is 11.3 Å². The molecule has 24 heavy (non-hydrogen) atoms. The molecule has 0 fully saturated rings. The Morgan fingerprint density at radius 3 is 2.67 bits per heavy atom. The highest BCUT2D eigenvalue weighted by molar-refractivity contribution is 5.90. The third-order valence-electron chi connectivity index (χ3n) is 4.32. The number of benzene rings is 3. The molecule has 0 aliphatic carbocycles. The van der Waals surface area contributed by atoms with Crippen LogP contribution in [-0.2, 0) is 0 Å². The summed E-state index contributed by atoms with van der Waals surface area (Å²) < 4.78 is 5.70. The summed E-state index contributed by atoms with van der Waals surface area (Å²) in [5, 5.41) is 21.6. The van der Waals surface area contributed by atoms with Crippen molar-refractivity contribution < 1.29 is 9.84 Å². The number of hydrogen-bond acceptors (Lipinski definition) is 4. The van der Waals surface area contributed by atoms with Crippen LogP contribution in [0.1, 0.15) is 17.0 Å². The highest BCUT2D eigenvalue weighted by Gasteiger charge is 2.32. The quantitative estimate of drug-likeness (QED) is 0.716. The lowest BCUT2D eigenvalue weighted by Crippen LogP contribution is -2.21. The minimum Gasteiger partial charge on any atom is -0.508 e. The summed E-state index contributed by atoms with van der Waals surface area (Å²) in [5.74, 6) is 0.515.